The van der Waals surface area contributed by atoms with Crippen molar-refractivity contribution in [3.8, 4) is 0 Å². The average molecular weight is 180 g/mol. The standard InChI is InChI=1S/C6H10O6.H2/c7-3-5(9)11-1-2-12-6(10)4-8;/h7-8H,1-4H2;1H. The molecule has 0 saturated heterocycles. The molecule has 0 amide bonds. The molecule has 0 bridgehead atoms. The molecule has 0 spiro atoms. The van der Waals surface area contributed by atoms with Gasteiger partial charge in [0.05, 0.1) is 0 Å². The number of aliphatic hydroxyl groups is 2. The van der Waals surface area contributed by atoms with Crippen molar-refractivity contribution >= 4 is 11.9 Å². The minimum absolute atomic E-state index is 0. The van der Waals surface area contributed by atoms with E-state index in [1.165, 1.54) is 0 Å². The molecule has 0 unspecified atom stereocenters. The predicted molar refractivity (Wildman–Crippen MR) is 38.2 cm³/mol. The second-order valence-electron chi connectivity index (χ2n) is 1.76. The van der Waals surface area contributed by atoms with Gasteiger partial charge in [-0.05, 0) is 0 Å². The molecule has 2 N–H and O–H groups in total. The first kappa shape index (κ1) is 10.9. The fourth-order valence-corrected chi connectivity index (χ4v) is 0.402. The minimum atomic E-state index is -0.782. The van der Waals surface area contributed by atoms with Gasteiger partial charge in [-0.1, -0.05) is 0 Å². The lowest BCUT2D eigenvalue weighted by Gasteiger charge is -2.03. The molecule has 0 aliphatic heterocycles. The van der Waals surface area contributed by atoms with Gasteiger partial charge < -0.3 is 19.7 Å². The fraction of sp³-hybridized carbons (Fsp3) is 0.667. The van der Waals surface area contributed by atoms with Crippen LogP contribution < -0.4 is 0 Å². The van der Waals surface area contributed by atoms with Gasteiger partial charge in [-0.25, -0.2) is 9.59 Å². The summed E-state index contributed by atoms with van der Waals surface area (Å²) in [4.78, 5) is 20.5. The van der Waals surface area contributed by atoms with Crippen molar-refractivity contribution in [2.75, 3.05) is 26.4 Å². The number of aliphatic hydroxyl groups excluding tert-OH is 2. The lowest BCUT2D eigenvalue weighted by molar-refractivity contribution is -0.155. The number of ether oxygens (including phenoxy) is 2. The van der Waals surface area contributed by atoms with Crippen molar-refractivity contribution in [1.29, 1.82) is 0 Å². The molecule has 0 radical (unpaired) electrons. The molecule has 6 heteroatoms. The summed E-state index contributed by atoms with van der Waals surface area (Å²) in [5.41, 5.74) is 0. The Balaban J connectivity index is 0. The summed E-state index contributed by atoms with van der Waals surface area (Å²) >= 11 is 0. The van der Waals surface area contributed by atoms with Gasteiger partial charge in [0.1, 0.15) is 26.4 Å². The Morgan fingerprint density at radius 1 is 1.00 bits per heavy atom. The maximum Gasteiger partial charge on any atom is 0.331 e. The van der Waals surface area contributed by atoms with Crippen LogP contribution in [-0.4, -0.2) is 48.6 Å². The van der Waals surface area contributed by atoms with Crippen LogP contribution in [0, 0.1) is 0 Å². The van der Waals surface area contributed by atoms with E-state index >= 15 is 0 Å². The normalized spacial score (nSPS) is 9.17. The first-order valence-electron chi connectivity index (χ1n) is 3.23. The van der Waals surface area contributed by atoms with Crippen molar-refractivity contribution < 1.29 is 30.7 Å². The Labute approximate surface area is 70.2 Å². The van der Waals surface area contributed by atoms with Gasteiger partial charge in [0, 0.05) is 1.43 Å². The Morgan fingerprint density at radius 3 is 1.58 bits per heavy atom. The second kappa shape index (κ2) is 6.56. The third-order valence-electron chi connectivity index (χ3n) is 0.868. The minimum Gasteiger partial charge on any atom is -0.460 e. The molecular weight excluding hydrogens is 168 g/mol. The third kappa shape index (κ3) is 5.63. The van der Waals surface area contributed by atoms with E-state index in [2.05, 4.69) is 9.47 Å². The van der Waals surface area contributed by atoms with Crippen LogP contribution in [0.15, 0.2) is 0 Å². The lowest BCUT2D eigenvalue weighted by Crippen LogP contribution is -2.17. The molecule has 0 aromatic carbocycles. The average Bonchev–Trinajstić information content (AvgIpc) is 2.11. The van der Waals surface area contributed by atoms with Crippen LogP contribution in [0.3, 0.4) is 0 Å². The van der Waals surface area contributed by atoms with Crippen LogP contribution in [-0.2, 0) is 19.1 Å². The molecule has 0 aromatic heterocycles. The molecule has 0 aromatic rings. The molecule has 0 fully saturated rings. The van der Waals surface area contributed by atoms with E-state index in [0.29, 0.717) is 0 Å². The summed E-state index contributed by atoms with van der Waals surface area (Å²) in [5, 5.41) is 16.3. The van der Waals surface area contributed by atoms with E-state index in [1.807, 2.05) is 0 Å². The summed E-state index contributed by atoms with van der Waals surface area (Å²) < 4.78 is 8.68. The van der Waals surface area contributed by atoms with Gasteiger partial charge in [0.2, 0.25) is 0 Å². The Kier molecular flexibility index (Phi) is 5.94. The largest absolute Gasteiger partial charge is 0.460 e. The smallest absolute Gasteiger partial charge is 0.331 e. The van der Waals surface area contributed by atoms with E-state index in [0.717, 1.165) is 0 Å². The fourth-order valence-electron chi connectivity index (χ4n) is 0.402. The van der Waals surface area contributed by atoms with Crippen molar-refractivity contribution in [1.82, 2.24) is 0 Å². The number of hydrogen-bond donors (Lipinski definition) is 2. The number of hydrogen-bond acceptors (Lipinski definition) is 6. The van der Waals surface area contributed by atoms with Crippen molar-refractivity contribution in [2.24, 2.45) is 0 Å². The van der Waals surface area contributed by atoms with E-state index < -0.39 is 25.2 Å². The van der Waals surface area contributed by atoms with Gasteiger partial charge in [-0.15, -0.1) is 0 Å². The molecular formula is C6H12O6. The van der Waals surface area contributed by atoms with Crippen molar-refractivity contribution in [3.05, 3.63) is 0 Å². The van der Waals surface area contributed by atoms with E-state index in [1.54, 1.807) is 0 Å². The zero-order valence-electron chi connectivity index (χ0n) is 6.36. The number of esters is 2. The topological polar surface area (TPSA) is 93.1 Å². The van der Waals surface area contributed by atoms with Crippen LogP contribution in [0.2, 0.25) is 0 Å². The first-order chi connectivity index (χ1) is 5.70. The number of carbonyl (C=O) groups is 2. The highest BCUT2D eigenvalue weighted by atomic mass is 16.6. The second-order valence-corrected chi connectivity index (χ2v) is 1.76. The Hall–Kier alpha value is -1.14. The first-order valence-corrected chi connectivity index (χ1v) is 3.23. The zero-order valence-corrected chi connectivity index (χ0v) is 6.36. The SMILES string of the molecule is O=C(CO)OCCOC(=O)CO.[HH]. The predicted octanol–water partition coefficient (Wildman–Crippen LogP) is -1.70. The summed E-state index contributed by atoms with van der Waals surface area (Å²) in [7, 11) is 0. The number of rotatable bonds is 5. The van der Waals surface area contributed by atoms with Crippen LogP contribution in [0.5, 0.6) is 0 Å². The third-order valence-corrected chi connectivity index (χ3v) is 0.868. The van der Waals surface area contributed by atoms with Gasteiger partial charge >= 0.3 is 11.9 Å². The maximum atomic E-state index is 10.3. The van der Waals surface area contributed by atoms with Crippen molar-refractivity contribution in [3.63, 3.8) is 0 Å². The van der Waals surface area contributed by atoms with Gasteiger partial charge in [0.25, 0.3) is 0 Å². The monoisotopic (exact) mass is 180 g/mol. The molecule has 0 atom stereocenters. The highest BCUT2D eigenvalue weighted by Crippen LogP contribution is 1.80. The Morgan fingerprint density at radius 2 is 1.33 bits per heavy atom. The summed E-state index contributed by atoms with van der Waals surface area (Å²) in [6.07, 6.45) is 0. The van der Waals surface area contributed by atoms with E-state index in [-0.39, 0.29) is 14.6 Å². The maximum absolute atomic E-state index is 10.3. The van der Waals surface area contributed by atoms with Crippen molar-refractivity contribution in [2.45, 2.75) is 0 Å². The van der Waals surface area contributed by atoms with Gasteiger partial charge in [-0.3, -0.25) is 0 Å². The molecule has 12 heavy (non-hydrogen) atoms. The summed E-state index contributed by atoms with van der Waals surface area (Å²) in [6.45, 7) is -1.64. The summed E-state index contributed by atoms with van der Waals surface area (Å²) in [5.74, 6) is -1.56. The van der Waals surface area contributed by atoms with Crippen LogP contribution in [0.4, 0.5) is 0 Å². The molecule has 0 heterocycles. The van der Waals surface area contributed by atoms with Gasteiger partial charge in [0.15, 0.2) is 0 Å². The molecule has 0 saturated carbocycles. The van der Waals surface area contributed by atoms with E-state index in [4.69, 9.17) is 10.2 Å². The molecule has 0 aliphatic carbocycles. The number of carbonyl (C=O) groups excluding carboxylic acids is 2. The Bertz CT molecular complexity index is 141. The molecule has 6 nitrogen and oxygen atoms in total. The summed E-state index contributed by atoms with van der Waals surface area (Å²) in [6, 6.07) is 0. The molecule has 0 aliphatic rings. The molecule has 72 valence electrons. The lowest BCUT2D eigenvalue weighted by atomic mass is 10.7. The molecule has 0 rings (SSSR count). The van der Waals surface area contributed by atoms with E-state index in [9.17, 15) is 9.59 Å². The van der Waals surface area contributed by atoms with Crippen LogP contribution in [0.1, 0.15) is 1.43 Å². The van der Waals surface area contributed by atoms with Crippen LogP contribution >= 0.6 is 0 Å². The van der Waals surface area contributed by atoms with Gasteiger partial charge in [-0.2, -0.15) is 0 Å². The highest BCUT2D eigenvalue weighted by molar-refractivity contribution is 5.71. The quantitative estimate of drug-likeness (QED) is 0.387. The van der Waals surface area contributed by atoms with Crippen LogP contribution in [0.25, 0.3) is 0 Å². The zero-order chi connectivity index (χ0) is 9.40. The highest BCUT2D eigenvalue weighted by Gasteiger charge is 2.01.